The molecule has 0 aliphatic carbocycles. The standard InChI is InChI=1S/C21H24O6/c1-21(2,15-3-7-17(8-4-15)26-24-13-19-11-22-19)16-5-9-18(10-6-16)27-25-14-20-12-23-20/h3-10,19-20H,11-14H2,1-2H3. The second kappa shape index (κ2) is 7.86. The third-order valence-electron chi connectivity index (χ3n) is 4.77. The van der Waals surface area contributed by atoms with Crippen LogP contribution in [-0.2, 0) is 24.7 Å². The molecule has 2 heterocycles. The molecule has 0 bridgehead atoms. The van der Waals surface area contributed by atoms with E-state index in [1.54, 1.807) is 0 Å². The molecule has 2 unspecified atom stereocenters. The molecule has 0 N–H and O–H groups in total. The van der Waals surface area contributed by atoms with E-state index >= 15 is 0 Å². The van der Waals surface area contributed by atoms with E-state index in [0.29, 0.717) is 24.7 Å². The summed E-state index contributed by atoms with van der Waals surface area (Å²) in [5, 5.41) is 0. The SMILES string of the molecule is CC(C)(c1ccc(OOCC2CO2)cc1)c1ccc(OOCC2CO2)cc1. The minimum atomic E-state index is -0.164. The van der Waals surface area contributed by atoms with E-state index in [4.69, 9.17) is 29.0 Å². The fourth-order valence-electron chi connectivity index (χ4n) is 2.71. The van der Waals surface area contributed by atoms with Crippen molar-refractivity contribution in [3.63, 3.8) is 0 Å². The third-order valence-corrected chi connectivity index (χ3v) is 4.77. The summed E-state index contributed by atoms with van der Waals surface area (Å²) in [4.78, 5) is 20.9. The van der Waals surface area contributed by atoms with Gasteiger partial charge in [-0.25, -0.2) is 0 Å². The van der Waals surface area contributed by atoms with Crippen molar-refractivity contribution in [1.82, 2.24) is 0 Å². The Morgan fingerprint density at radius 2 is 1.11 bits per heavy atom. The quantitative estimate of drug-likeness (QED) is 0.362. The van der Waals surface area contributed by atoms with Crippen molar-refractivity contribution >= 4 is 0 Å². The van der Waals surface area contributed by atoms with Crippen LogP contribution in [0.2, 0.25) is 0 Å². The molecule has 0 radical (unpaired) electrons. The Kier molecular flexibility index (Phi) is 5.31. The summed E-state index contributed by atoms with van der Waals surface area (Å²) in [5.74, 6) is 1.35. The summed E-state index contributed by atoms with van der Waals surface area (Å²) in [6, 6.07) is 15.9. The molecule has 0 aromatic heterocycles. The second-order valence-corrected chi connectivity index (χ2v) is 7.32. The van der Waals surface area contributed by atoms with E-state index in [9.17, 15) is 0 Å². The largest absolute Gasteiger partial charge is 0.370 e. The zero-order chi connectivity index (χ0) is 18.7. The predicted molar refractivity (Wildman–Crippen MR) is 97.7 cm³/mol. The Labute approximate surface area is 158 Å². The van der Waals surface area contributed by atoms with Gasteiger partial charge in [0.2, 0.25) is 0 Å². The lowest BCUT2D eigenvalue weighted by atomic mass is 9.78. The highest BCUT2D eigenvalue weighted by Gasteiger charge is 2.25. The van der Waals surface area contributed by atoms with E-state index in [1.807, 2.05) is 24.3 Å². The van der Waals surface area contributed by atoms with Crippen LogP contribution in [0.25, 0.3) is 0 Å². The zero-order valence-electron chi connectivity index (χ0n) is 15.6. The van der Waals surface area contributed by atoms with Crippen molar-refractivity contribution in [2.75, 3.05) is 26.4 Å². The summed E-state index contributed by atoms with van der Waals surface area (Å²) in [7, 11) is 0. The first-order valence-corrected chi connectivity index (χ1v) is 9.14. The molecular formula is C21H24O6. The molecule has 6 heteroatoms. The summed E-state index contributed by atoms with van der Waals surface area (Å²) in [6.45, 7) is 6.78. The molecule has 0 amide bonds. The second-order valence-electron chi connectivity index (χ2n) is 7.32. The molecule has 2 saturated heterocycles. The Morgan fingerprint density at radius 1 is 0.741 bits per heavy atom. The van der Waals surface area contributed by atoms with Crippen molar-refractivity contribution in [3.8, 4) is 11.5 Å². The maximum absolute atomic E-state index is 5.29. The third kappa shape index (κ3) is 4.99. The van der Waals surface area contributed by atoms with Crippen LogP contribution in [0.4, 0.5) is 0 Å². The van der Waals surface area contributed by atoms with Crippen molar-refractivity contribution in [2.24, 2.45) is 0 Å². The molecule has 2 aliphatic rings. The van der Waals surface area contributed by atoms with Gasteiger partial charge in [0.1, 0.15) is 25.4 Å². The Bertz CT molecular complexity index is 669. The van der Waals surface area contributed by atoms with Gasteiger partial charge < -0.3 is 19.2 Å². The van der Waals surface area contributed by atoms with Crippen LogP contribution in [-0.4, -0.2) is 38.6 Å². The number of hydrogen-bond donors (Lipinski definition) is 0. The number of epoxide rings is 2. The van der Waals surface area contributed by atoms with Crippen molar-refractivity contribution in [2.45, 2.75) is 31.5 Å². The monoisotopic (exact) mass is 372 g/mol. The molecule has 0 saturated carbocycles. The Morgan fingerprint density at radius 3 is 1.44 bits per heavy atom. The van der Waals surface area contributed by atoms with Gasteiger partial charge in [-0.05, 0) is 35.4 Å². The first-order chi connectivity index (χ1) is 13.1. The summed E-state index contributed by atoms with van der Waals surface area (Å²) < 4.78 is 10.2. The molecule has 144 valence electrons. The van der Waals surface area contributed by atoms with Gasteiger partial charge in [-0.2, -0.15) is 9.78 Å². The molecule has 2 aromatic carbocycles. The molecule has 0 spiro atoms. The van der Waals surface area contributed by atoms with Gasteiger partial charge in [-0.3, -0.25) is 0 Å². The van der Waals surface area contributed by atoms with Crippen molar-refractivity contribution in [1.29, 1.82) is 0 Å². The topological polar surface area (TPSA) is 62.0 Å². The van der Waals surface area contributed by atoms with Crippen LogP contribution < -0.4 is 9.78 Å². The lowest BCUT2D eigenvalue weighted by molar-refractivity contribution is -0.209. The van der Waals surface area contributed by atoms with Crippen LogP contribution >= 0.6 is 0 Å². The lowest BCUT2D eigenvalue weighted by Gasteiger charge is -2.26. The van der Waals surface area contributed by atoms with Gasteiger partial charge in [-0.1, -0.05) is 38.1 Å². The fraction of sp³-hybridized carbons (Fsp3) is 0.429. The van der Waals surface area contributed by atoms with Gasteiger partial charge in [-0.15, -0.1) is 0 Å². The van der Waals surface area contributed by atoms with Gasteiger partial charge in [0.25, 0.3) is 0 Å². The molecule has 2 aromatic rings. The van der Waals surface area contributed by atoms with Crippen molar-refractivity contribution in [3.05, 3.63) is 59.7 Å². The van der Waals surface area contributed by atoms with Crippen molar-refractivity contribution < 1.29 is 29.0 Å². The first-order valence-electron chi connectivity index (χ1n) is 9.14. The van der Waals surface area contributed by atoms with Crippen LogP contribution in [0.15, 0.2) is 48.5 Å². The van der Waals surface area contributed by atoms with Crippen LogP contribution in [0.3, 0.4) is 0 Å². The number of ether oxygens (including phenoxy) is 2. The molecule has 2 atom stereocenters. The first kappa shape index (κ1) is 18.3. The summed E-state index contributed by atoms with van der Waals surface area (Å²) in [6.07, 6.45) is 0.366. The number of rotatable bonds is 10. The zero-order valence-corrected chi connectivity index (χ0v) is 15.6. The molecule has 2 fully saturated rings. The van der Waals surface area contributed by atoms with Crippen LogP contribution in [0.5, 0.6) is 11.5 Å². The average Bonchev–Trinajstić information content (AvgIpc) is 3.58. The van der Waals surface area contributed by atoms with Gasteiger partial charge >= 0.3 is 0 Å². The smallest absolute Gasteiger partial charge is 0.165 e. The highest BCUT2D eigenvalue weighted by Crippen LogP contribution is 2.33. The predicted octanol–water partition coefficient (Wildman–Crippen LogP) is 3.43. The summed E-state index contributed by atoms with van der Waals surface area (Å²) >= 11 is 0. The maximum atomic E-state index is 5.29. The maximum Gasteiger partial charge on any atom is 0.165 e. The Hall–Kier alpha value is -2.12. The van der Waals surface area contributed by atoms with E-state index in [2.05, 4.69) is 38.1 Å². The van der Waals surface area contributed by atoms with E-state index < -0.39 is 0 Å². The normalized spacial score (nSPS) is 21.0. The van der Waals surface area contributed by atoms with E-state index in [0.717, 1.165) is 13.2 Å². The highest BCUT2D eigenvalue weighted by molar-refractivity contribution is 5.41. The fourth-order valence-corrected chi connectivity index (χ4v) is 2.71. The summed E-state index contributed by atoms with van der Waals surface area (Å²) in [5.41, 5.74) is 2.19. The van der Waals surface area contributed by atoms with Crippen LogP contribution in [0, 0.1) is 0 Å². The molecule has 2 aliphatic heterocycles. The molecule has 6 nitrogen and oxygen atoms in total. The molecule has 27 heavy (non-hydrogen) atoms. The van der Waals surface area contributed by atoms with Gasteiger partial charge in [0, 0.05) is 5.41 Å². The number of benzene rings is 2. The molecular weight excluding hydrogens is 348 g/mol. The van der Waals surface area contributed by atoms with Gasteiger partial charge in [0.15, 0.2) is 11.5 Å². The Balaban J connectivity index is 1.34. The highest BCUT2D eigenvalue weighted by atomic mass is 17.2. The lowest BCUT2D eigenvalue weighted by Crippen LogP contribution is -2.18. The van der Waals surface area contributed by atoms with E-state index in [-0.39, 0.29) is 17.6 Å². The van der Waals surface area contributed by atoms with E-state index in [1.165, 1.54) is 11.1 Å². The van der Waals surface area contributed by atoms with Gasteiger partial charge in [0.05, 0.1) is 13.2 Å². The van der Waals surface area contributed by atoms with Crippen LogP contribution in [0.1, 0.15) is 25.0 Å². The average molecular weight is 372 g/mol. The minimum absolute atomic E-state index is 0.164. The minimum Gasteiger partial charge on any atom is -0.370 e. The number of hydrogen-bond acceptors (Lipinski definition) is 6. The molecule has 4 rings (SSSR count).